The van der Waals surface area contributed by atoms with Crippen molar-refractivity contribution < 1.29 is 28.9 Å². The second-order valence-electron chi connectivity index (χ2n) is 10.4. The minimum atomic E-state index is -0.973. The lowest BCUT2D eigenvalue weighted by atomic mass is 9.95. The maximum atomic E-state index is 13.7. The van der Waals surface area contributed by atoms with Crippen molar-refractivity contribution in [3.05, 3.63) is 94.0 Å². The summed E-state index contributed by atoms with van der Waals surface area (Å²) >= 11 is 8.68. The highest BCUT2D eigenvalue weighted by atomic mass is 35.5. The van der Waals surface area contributed by atoms with Crippen LogP contribution >= 0.6 is 34.7 Å². The number of nitrogens with zero attached hydrogens (tertiary/aromatic N) is 3. The molecule has 1 aromatic heterocycles. The molecular weight excluding hydrogens is 634 g/mol. The molecule has 0 radical (unpaired) electrons. The minimum Gasteiger partial charge on any atom is -0.507 e. The van der Waals surface area contributed by atoms with Crippen LogP contribution in [-0.4, -0.2) is 46.8 Å². The predicted molar refractivity (Wildman–Crippen MR) is 175 cm³/mol. The zero-order valence-corrected chi connectivity index (χ0v) is 26.8. The summed E-state index contributed by atoms with van der Waals surface area (Å²) in [4.78, 5) is 28.7. The second kappa shape index (κ2) is 13.9. The number of rotatable bonds is 11. The molecule has 232 valence electrons. The molecule has 0 aliphatic carbocycles. The third-order valence-electron chi connectivity index (χ3n) is 7.33. The maximum absolute atomic E-state index is 13.7. The number of benzene rings is 3. The number of aliphatic hydroxyl groups excluding tert-OH is 1. The first-order valence-electron chi connectivity index (χ1n) is 14.6. The molecule has 3 aromatic carbocycles. The van der Waals surface area contributed by atoms with Crippen LogP contribution in [0.3, 0.4) is 0 Å². The summed E-state index contributed by atoms with van der Waals surface area (Å²) < 4.78 is 17.9. The molecule has 12 heteroatoms. The molecule has 1 unspecified atom stereocenters. The van der Waals surface area contributed by atoms with Crippen molar-refractivity contribution >= 4 is 57.3 Å². The van der Waals surface area contributed by atoms with Gasteiger partial charge in [0.1, 0.15) is 24.7 Å². The molecule has 1 atom stereocenters. The van der Waals surface area contributed by atoms with Crippen molar-refractivity contribution in [3.63, 3.8) is 0 Å². The van der Waals surface area contributed by atoms with E-state index in [1.807, 2.05) is 36.4 Å². The molecule has 4 aromatic rings. The van der Waals surface area contributed by atoms with E-state index in [1.165, 1.54) is 28.0 Å². The first-order chi connectivity index (χ1) is 21.9. The number of ether oxygens (including phenoxy) is 3. The zero-order chi connectivity index (χ0) is 31.3. The molecule has 1 amide bonds. The summed E-state index contributed by atoms with van der Waals surface area (Å²) in [6.07, 6.45) is 3.02. The summed E-state index contributed by atoms with van der Waals surface area (Å²) in [7, 11) is 0. The Bertz CT molecular complexity index is 1740. The Morgan fingerprint density at radius 2 is 1.84 bits per heavy atom. The van der Waals surface area contributed by atoms with Gasteiger partial charge in [-0.2, -0.15) is 0 Å². The average molecular weight is 664 g/mol. The Morgan fingerprint density at radius 3 is 2.64 bits per heavy atom. The number of thioether (sulfide) groups is 1. The van der Waals surface area contributed by atoms with Gasteiger partial charge in [0.05, 0.1) is 18.2 Å². The summed E-state index contributed by atoms with van der Waals surface area (Å²) in [6, 6.07) is 18.7. The second-order valence-corrected chi connectivity index (χ2v) is 13.0. The third kappa shape index (κ3) is 6.80. The zero-order valence-electron chi connectivity index (χ0n) is 24.4. The van der Waals surface area contributed by atoms with E-state index in [0.29, 0.717) is 63.3 Å². The van der Waals surface area contributed by atoms with E-state index in [0.717, 1.165) is 24.8 Å². The van der Waals surface area contributed by atoms with E-state index in [-0.39, 0.29) is 16.5 Å². The van der Waals surface area contributed by atoms with Crippen LogP contribution in [0.1, 0.15) is 48.9 Å². The highest BCUT2D eigenvalue weighted by Gasteiger charge is 2.48. The lowest BCUT2D eigenvalue weighted by Gasteiger charge is -2.23. The van der Waals surface area contributed by atoms with Gasteiger partial charge in [0.2, 0.25) is 5.13 Å². The van der Waals surface area contributed by atoms with Gasteiger partial charge in [0, 0.05) is 16.3 Å². The summed E-state index contributed by atoms with van der Waals surface area (Å²) in [5.74, 6) is 0.255. The molecule has 2 aliphatic rings. The third-order valence-corrected chi connectivity index (χ3v) is 9.71. The number of aromatic nitrogens is 2. The van der Waals surface area contributed by atoms with E-state index >= 15 is 0 Å². The molecule has 45 heavy (non-hydrogen) atoms. The van der Waals surface area contributed by atoms with Crippen LogP contribution in [0.2, 0.25) is 5.02 Å². The van der Waals surface area contributed by atoms with Crippen LogP contribution < -0.4 is 19.1 Å². The Hall–Kier alpha value is -4.06. The highest BCUT2D eigenvalue weighted by Crippen LogP contribution is 2.45. The number of halogens is 1. The van der Waals surface area contributed by atoms with Crippen LogP contribution in [0.5, 0.6) is 17.2 Å². The lowest BCUT2D eigenvalue weighted by Crippen LogP contribution is -2.29. The van der Waals surface area contributed by atoms with E-state index in [1.54, 1.807) is 30.3 Å². The highest BCUT2D eigenvalue weighted by molar-refractivity contribution is 8.00. The molecule has 1 fully saturated rings. The number of amides is 1. The number of hydrogen-bond acceptors (Lipinski definition) is 10. The fraction of sp³-hybridized carbons (Fsp3) is 0.273. The number of carbonyl (C=O) groups is 2. The van der Waals surface area contributed by atoms with E-state index in [2.05, 4.69) is 17.1 Å². The van der Waals surface area contributed by atoms with Gasteiger partial charge in [-0.25, -0.2) is 0 Å². The molecular formula is C33H30ClN3O6S2. The van der Waals surface area contributed by atoms with Crippen molar-refractivity contribution in [3.8, 4) is 17.2 Å². The van der Waals surface area contributed by atoms with Crippen LogP contribution in [0.15, 0.2) is 76.6 Å². The molecule has 1 N–H and O–H groups in total. The van der Waals surface area contributed by atoms with Gasteiger partial charge in [-0.05, 0) is 60.0 Å². The van der Waals surface area contributed by atoms with Crippen LogP contribution in [0.25, 0.3) is 5.76 Å². The van der Waals surface area contributed by atoms with Crippen LogP contribution in [0, 0.1) is 0 Å². The monoisotopic (exact) mass is 663 g/mol. The van der Waals surface area contributed by atoms with Gasteiger partial charge in [-0.3, -0.25) is 14.5 Å². The summed E-state index contributed by atoms with van der Waals surface area (Å²) in [5.41, 5.74) is 1.90. The molecule has 0 bridgehead atoms. The Morgan fingerprint density at radius 1 is 1.04 bits per heavy atom. The van der Waals surface area contributed by atoms with E-state index in [4.69, 9.17) is 25.8 Å². The van der Waals surface area contributed by atoms with Crippen LogP contribution in [-0.2, 0) is 15.3 Å². The van der Waals surface area contributed by atoms with Gasteiger partial charge in [-0.15, -0.1) is 10.2 Å². The van der Waals surface area contributed by atoms with E-state index in [9.17, 15) is 14.7 Å². The number of anilines is 1. The van der Waals surface area contributed by atoms with Gasteiger partial charge in [-0.1, -0.05) is 78.7 Å². The van der Waals surface area contributed by atoms with Gasteiger partial charge in [0.15, 0.2) is 15.8 Å². The maximum Gasteiger partial charge on any atom is 0.301 e. The standard InChI is InChI=1S/C33H30ClN3O6S2/c1-2-3-4-14-41-24-7-5-6-21(17-24)28-27(29(38)22-10-13-25-26(18-22)43-16-15-42-25)30(39)31(40)37(28)32-35-36-33(45-32)44-19-20-8-11-23(34)12-9-20/h5-13,17-18,28,38H,2-4,14-16,19H2,1H3. The summed E-state index contributed by atoms with van der Waals surface area (Å²) in [5, 5.41) is 21.1. The Labute approximate surface area is 273 Å². The average Bonchev–Trinajstić information content (AvgIpc) is 3.64. The summed E-state index contributed by atoms with van der Waals surface area (Å²) in [6.45, 7) is 3.45. The smallest absolute Gasteiger partial charge is 0.301 e. The van der Waals surface area contributed by atoms with Crippen molar-refractivity contribution in [2.24, 2.45) is 0 Å². The van der Waals surface area contributed by atoms with Gasteiger partial charge < -0.3 is 19.3 Å². The largest absolute Gasteiger partial charge is 0.507 e. The van der Waals surface area contributed by atoms with Crippen LogP contribution in [0.4, 0.5) is 5.13 Å². The van der Waals surface area contributed by atoms with Crippen molar-refractivity contribution in [1.29, 1.82) is 0 Å². The fourth-order valence-electron chi connectivity index (χ4n) is 5.09. The number of fused-ring (bicyclic) bond motifs is 1. The normalized spacial score (nSPS) is 17.1. The molecule has 0 spiro atoms. The lowest BCUT2D eigenvalue weighted by molar-refractivity contribution is -0.132. The quantitative estimate of drug-likeness (QED) is 0.0437. The Balaban J connectivity index is 1.37. The minimum absolute atomic E-state index is 0.0645. The molecule has 0 saturated carbocycles. The number of aliphatic hydroxyl groups is 1. The van der Waals surface area contributed by atoms with Crippen molar-refractivity contribution in [1.82, 2.24) is 10.2 Å². The topological polar surface area (TPSA) is 111 Å². The SMILES string of the molecule is CCCCCOc1cccc(C2C(=C(O)c3ccc4c(c3)OCCO4)C(=O)C(=O)N2c2nnc(SCc3ccc(Cl)cc3)s2)c1. The number of carbonyl (C=O) groups excluding carboxylic acids is 2. The number of Topliss-reactive ketones (excluding diaryl/α,β-unsaturated/α-hetero) is 1. The molecule has 6 rings (SSSR count). The first kappa shape index (κ1) is 30.9. The number of ketones is 1. The van der Waals surface area contributed by atoms with Crippen molar-refractivity contribution in [2.45, 2.75) is 42.3 Å². The Kier molecular flexibility index (Phi) is 9.58. The van der Waals surface area contributed by atoms with E-state index < -0.39 is 17.7 Å². The van der Waals surface area contributed by atoms with Gasteiger partial charge >= 0.3 is 5.91 Å². The number of unbranched alkanes of at least 4 members (excludes halogenated alkanes) is 2. The van der Waals surface area contributed by atoms with Crippen molar-refractivity contribution in [2.75, 3.05) is 24.7 Å². The van der Waals surface area contributed by atoms with Gasteiger partial charge in [0.25, 0.3) is 5.78 Å². The molecule has 1 saturated heterocycles. The predicted octanol–water partition coefficient (Wildman–Crippen LogP) is 7.45. The number of hydrogen-bond donors (Lipinski definition) is 1. The first-order valence-corrected chi connectivity index (χ1v) is 16.8. The molecule has 3 heterocycles. The molecule has 2 aliphatic heterocycles. The fourth-order valence-corrected chi connectivity index (χ4v) is 7.04. The molecule has 9 nitrogen and oxygen atoms in total.